The van der Waals surface area contributed by atoms with Gasteiger partial charge in [-0.3, -0.25) is 0 Å². The van der Waals surface area contributed by atoms with Crippen LogP contribution in [0.15, 0.2) is 54.9 Å². The summed E-state index contributed by atoms with van der Waals surface area (Å²) in [7, 11) is 0. The first-order chi connectivity index (χ1) is 13.7. The number of halogens is 3. The van der Waals surface area contributed by atoms with Gasteiger partial charge in [0.1, 0.15) is 11.6 Å². The standard InChI is InChI=1S/C11H12ClFN2.C11H13FN2/c1-7(14)6-15-3-2-8-4-10(13)9(12)5-11(8)15;1-8(13)7-14-5-4-9-6-10(12)2-3-11(9)14/h2-5,7H,6,14H2,1H3;2-6,8H,7,13H2,1H3/t7-;8-/m01/s1. The van der Waals surface area contributed by atoms with E-state index in [2.05, 4.69) is 0 Å². The average molecular weight is 419 g/mol. The minimum absolute atomic E-state index is 0.0597. The number of aromatic nitrogens is 2. The molecule has 0 bridgehead atoms. The van der Waals surface area contributed by atoms with Crippen LogP contribution in [0.3, 0.4) is 0 Å². The van der Waals surface area contributed by atoms with Gasteiger partial charge in [0.15, 0.2) is 0 Å². The second-order valence-electron chi connectivity index (χ2n) is 7.42. The first kappa shape index (κ1) is 21.3. The molecule has 0 radical (unpaired) electrons. The van der Waals surface area contributed by atoms with Crippen molar-refractivity contribution in [3.63, 3.8) is 0 Å². The number of benzene rings is 2. The molecule has 0 saturated heterocycles. The summed E-state index contributed by atoms with van der Waals surface area (Å²) >= 11 is 5.73. The molecule has 4 aromatic rings. The third-order valence-corrected chi connectivity index (χ3v) is 4.81. The largest absolute Gasteiger partial charge is 0.346 e. The minimum Gasteiger partial charge on any atom is -0.346 e. The van der Waals surface area contributed by atoms with Crippen molar-refractivity contribution in [3.05, 3.63) is 71.5 Å². The van der Waals surface area contributed by atoms with Crippen molar-refractivity contribution in [3.8, 4) is 0 Å². The van der Waals surface area contributed by atoms with Gasteiger partial charge >= 0.3 is 0 Å². The lowest BCUT2D eigenvalue weighted by Gasteiger charge is -2.08. The Morgan fingerprint density at radius 2 is 1.38 bits per heavy atom. The molecule has 0 aliphatic carbocycles. The van der Waals surface area contributed by atoms with Crippen LogP contribution in [0.5, 0.6) is 0 Å². The Labute approximate surface area is 173 Å². The smallest absolute Gasteiger partial charge is 0.142 e. The van der Waals surface area contributed by atoms with Gasteiger partial charge in [-0.15, -0.1) is 0 Å². The van der Waals surface area contributed by atoms with Crippen LogP contribution in [0.4, 0.5) is 8.78 Å². The molecule has 2 aromatic carbocycles. The summed E-state index contributed by atoms with van der Waals surface area (Å²) in [4.78, 5) is 0. The number of hydrogen-bond donors (Lipinski definition) is 2. The molecule has 2 heterocycles. The molecule has 0 amide bonds. The topological polar surface area (TPSA) is 61.9 Å². The zero-order chi connectivity index (χ0) is 21.1. The van der Waals surface area contributed by atoms with Gasteiger partial charge in [-0.05, 0) is 56.3 Å². The van der Waals surface area contributed by atoms with E-state index in [1.807, 2.05) is 47.5 Å². The summed E-state index contributed by atoms with van der Waals surface area (Å²) in [5, 5.41) is 1.91. The van der Waals surface area contributed by atoms with Crippen LogP contribution in [-0.2, 0) is 13.1 Å². The van der Waals surface area contributed by atoms with Gasteiger partial charge in [0.05, 0.1) is 5.02 Å². The Balaban J connectivity index is 0.000000166. The molecule has 154 valence electrons. The van der Waals surface area contributed by atoms with E-state index in [0.29, 0.717) is 6.54 Å². The van der Waals surface area contributed by atoms with Gasteiger partial charge in [0.25, 0.3) is 0 Å². The summed E-state index contributed by atoms with van der Waals surface area (Å²) < 4.78 is 30.0. The number of nitrogens with zero attached hydrogens (tertiary/aromatic N) is 2. The molecule has 2 atom stereocenters. The van der Waals surface area contributed by atoms with Crippen molar-refractivity contribution >= 4 is 33.4 Å². The maximum Gasteiger partial charge on any atom is 0.142 e. The first-order valence-corrected chi connectivity index (χ1v) is 9.82. The van der Waals surface area contributed by atoms with E-state index < -0.39 is 0 Å². The van der Waals surface area contributed by atoms with E-state index in [0.717, 1.165) is 28.4 Å². The molecule has 4 N–H and O–H groups in total. The molecule has 0 saturated carbocycles. The molecule has 0 spiro atoms. The fourth-order valence-corrected chi connectivity index (χ4v) is 3.45. The molecule has 0 aliphatic rings. The van der Waals surface area contributed by atoms with Crippen molar-refractivity contribution in [1.29, 1.82) is 0 Å². The maximum absolute atomic E-state index is 13.2. The molecule has 0 fully saturated rings. The maximum atomic E-state index is 13.2. The van der Waals surface area contributed by atoms with E-state index in [4.69, 9.17) is 23.1 Å². The Bertz CT molecular complexity index is 1110. The zero-order valence-electron chi connectivity index (χ0n) is 16.4. The summed E-state index contributed by atoms with van der Waals surface area (Å²) in [5.74, 6) is -0.584. The van der Waals surface area contributed by atoms with Crippen molar-refractivity contribution in [2.45, 2.75) is 39.0 Å². The molecular formula is C22H25ClF2N4. The Kier molecular flexibility index (Phi) is 6.57. The van der Waals surface area contributed by atoms with E-state index in [1.54, 1.807) is 12.1 Å². The summed E-state index contributed by atoms with van der Waals surface area (Å²) in [6.07, 6.45) is 3.83. The van der Waals surface area contributed by atoms with E-state index >= 15 is 0 Å². The van der Waals surface area contributed by atoms with Gasteiger partial charge in [-0.1, -0.05) is 11.6 Å². The lowest BCUT2D eigenvalue weighted by atomic mass is 10.2. The molecule has 0 aliphatic heterocycles. The van der Waals surface area contributed by atoms with E-state index in [1.165, 1.54) is 18.2 Å². The third-order valence-electron chi connectivity index (χ3n) is 4.52. The van der Waals surface area contributed by atoms with Gasteiger partial charge in [-0.2, -0.15) is 0 Å². The second-order valence-corrected chi connectivity index (χ2v) is 7.83. The summed E-state index contributed by atoms with van der Waals surface area (Å²) in [6.45, 7) is 5.34. The SMILES string of the molecule is C[C@@H](N)Cn1ccc2cc(F)ccc21.C[C@H](N)Cn1ccc2cc(F)c(Cl)cc21. The van der Waals surface area contributed by atoms with Crippen LogP contribution in [0.2, 0.25) is 5.02 Å². The van der Waals surface area contributed by atoms with Gasteiger partial charge in [0, 0.05) is 59.4 Å². The molecule has 29 heavy (non-hydrogen) atoms. The van der Waals surface area contributed by atoms with Gasteiger partial charge in [-0.25, -0.2) is 8.78 Å². The summed E-state index contributed by atoms with van der Waals surface area (Å²) in [6, 6.07) is 11.8. The Hall–Kier alpha value is -2.41. The highest BCUT2D eigenvalue weighted by atomic mass is 35.5. The highest BCUT2D eigenvalue weighted by Gasteiger charge is 2.07. The first-order valence-electron chi connectivity index (χ1n) is 9.44. The van der Waals surface area contributed by atoms with Gasteiger partial charge < -0.3 is 20.6 Å². The quantitative estimate of drug-likeness (QED) is 0.494. The number of fused-ring (bicyclic) bond motifs is 2. The lowest BCUT2D eigenvalue weighted by Crippen LogP contribution is -2.21. The predicted octanol–water partition coefficient (Wildman–Crippen LogP) is 4.91. The average Bonchev–Trinajstić information content (AvgIpc) is 3.19. The molecule has 4 rings (SSSR count). The molecule has 7 heteroatoms. The van der Waals surface area contributed by atoms with Crippen molar-refractivity contribution in [2.24, 2.45) is 11.5 Å². The van der Waals surface area contributed by atoms with Gasteiger partial charge in [0.2, 0.25) is 0 Å². The zero-order valence-corrected chi connectivity index (χ0v) is 17.2. The predicted molar refractivity (Wildman–Crippen MR) is 116 cm³/mol. The van der Waals surface area contributed by atoms with E-state index in [9.17, 15) is 8.78 Å². The highest BCUT2D eigenvalue weighted by molar-refractivity contribution is 6.31. The number of nitrogens with two attached hydrogens (primary N) is 2. The normalized spacial score (nSPS) is 13.3. The lowest BCUT2D eigenvalue weighted by molar-refractivity contribution is 0.604. The summed E-state index contributed by atoms with van der Waals surface area (Å²) in [5.41, 5.74) is 13.4. The Morgan fingerprint density at radius 3 is 1.97 bits per heavy atom. The highest BCUT2D eigenvalue weighted by Crippen LogP contribution is 2.24. The van der Waals surface area contributed by atoms with Crippen LogP contribution in [0.1, 0.15) is 13.8 Å². The van der Waals surface area contributed by atoms with Crippen molar-refractivity contribution in [2.75, 3.05) is 0 Å². The van der Waals surface area contributed by atoms with Crippen LogP contribution < -0.4 is 11.5 Å². The van der Waals surface area contributed by atoms with Crippen LogP contribution in [0.25, 0.3) is 21.8 Å². The number of rotatable bonds is 4. The minimum atomic E-state index is -0.386. The van der Waals surface area contributed by atoms with Crippen molar-refractivity contribution in [1.82, 2.24) is 9.13 Å². The van der Waals surface area contributed by atoms with Crippen LogP contribution in [0, 0.1) is 11.6 Å². The Morgan fingerprint density at radius 1 is 0.828 bits per heavy atom. The number of hydrogen-bond acceptors (Lipinski definition) is 2. The molecular weight excluding hydrogens is 394 g/mol. The fraction of sp³-hybridized carbons (Fsp3) is 0.273. The van der Waals surface area contributed by atoms with E-state index in [-0.39, 0.29) is 28.7 Å². The fourth-order valence-electron chi connectivity index (χ4n) is 3.29. The third kappa shape index (κ3) is 5.15. The second kappa shape index (κ2) is 8.95. The van der Waals surface area contributed by atoms with Crippen molar-refractivity contribution < 1.29 is 8.78 Å². The van der Waals surface area contributed by atoms with Crippen LogP contribution >= 0.6 is 11.6 Å². The monoisotopic (exact) mass is 418 g/mol. The van der Waals surface area contributed by atoms with Crippen LogP contribution in [-0.4, -0.2) is 21.2 Å². The molecule has 4 nitrogen and oxygen atoms in total. The molecule has 2 aromatic heterocycles. The molecule has 0 unspecified atom stereocenters.